The zero-order valence-electron chi connectivity index (χ0n) is 6.73. The summed E-state index contributed by atoms with van der Waals surface area (Å²) in [6, 6.07) is -0.975. The Morgan fingerprint density at radius 3 is 2.31 bits per heavy atom. The minimum atomic E-state index is -4.70. The fraction of sp³-hybridized carbons (Fsp3) is 0.833. The lowest BCUT2D eigenvalue weighted by atomic mass is 10.3. The smallest absolute Gasteiger partial charge is 0.383 e. The summed E-state index contributed by atoms with van der Waals surface area (Å²) in [7, 11) is 0. The standard InChI is InChI=1S/C6H9F4NO2/c1-3(2-12)11-5(13)6(9,10)4(7)8/h3-4,12H,2H2,1H3,(H,11,13)/t3-/m0/s1. The van der Waals surface area contributed by atoms with Crippen LogP contribution < -0.4 is 5.32 Å². The van der Waals surface area contributed by atoms with Gasteiger partial charge in [-0.25, -0.2) is 8.78 Å². The van der Waals surface area contributed by atoms with Crippen LogP contribution in [0.3, 0.4) is 0 Å². The topological polar surface area (TPSA) is 49.3 Å². The molecule has 0 heterocycles. The van der Waals surface area contributed by atoms with Crippen molar-refractivity contribution in [2.45, 2.75) is 25.3 Å². The minimum Gasteiger partial charge on any atom is -0.394 e. The number of halogens is 4. The number of hydrogen-bond donors (Lipinski definition) is 2. The van der Waals surface area contributed by atoms with Crippen LogP contribution in [0.1, 0.15) is 6.92 Å². The third-order valence-corrected chi connectivity index (χ3v) is 1.23. The summed E-state index contributed by atoms with van der Waals surface area (Å²) in [5.74, 6) is -6.78. The summed E-state index contributed by atoms with van der Waals surface area (Å²) in [6.07, 6.45) is -4.04. The van der Waals surface area contributed by atoms with E-state index in [1.54, 1.807) is 0 Å². The number of rotatable bonds is 4. The van der Waals surface area contributed by atoms with Crippen LogP contribution in [0.2, 0.25) is 0 Å². The zero-order chi connectivity index (χ0) is 10.6. The van der Waals surface area contributed by atoms with Crippen LogP contribution >= 0.6 is 0 Å². The van der Waals surface area contributed by atoms with Crippen molar-refractivity contribution in [2.75, 3.05) is 6.61 Å². The largest absolute Gasteiger partial charge is 0.394 e. The number of aliphatic hydroxyl groups excluding tert-OH is 1. The molecular weight excluding hydrogens is 194 g/mol. The Morgan fingerprint density at radius 2 is 2.00 bits per heavy atom. The van der Waals surface area contributed by atoms with Gasteiger partial charge in [0.15, 0.2) is 0 Å². The SMILES string of the molecule is C[C@@H](CO)NC(=O)C(F)(F)C(F)F. The van der Waals surface area contributed by atoms with Gasteiger partial charge in [0.1, 0.15) is 0 Å². The van der Waals surface area contributed by atoms with E-state index in [1.807, 2.05) is 0 Å². The fourth-order valence-electron chi connectivity index (χ4n) is 0.465. The number of amides is 1. The van der Waals surface area contributed by atoms with Crippen LogP contribution in [0.15, 0.2) is 0 Å². The Balaban J connectivity index is 4.25. The molecule has 0 saturated heterocycles. The van der Waals surface area contributed by atoms with E-state index >= 15 is 0 Å². The Kier molecular flexibility index (Phi) is 4.12. The Morgan fingerprint density at radius 1 is 1.54 bits per heavy atom. The highest BCUT2D eigenvalue weighted by atomic mass is 19.3. The van der Waals surface area contributed by atoms with Crippen molar-refractivity contribution < 1.29 is 27.5 Å². The highest BCUT2D eigenvalue weighted by molar-refractivity contribution is 5.84. The van der Waals surface area contributed by atoms with Crippen molar-refractivity contribution in [3.05, 3.63) is 0 Å². The quantitative estimate of drug-likeness (QED) is 0.649. The minimum absolute atomic E-state index is 0.592. The number of carbonyl (C=O) groups excluding carboxylic acids is 1. The first-order valence-electron chi connectivity index (χ1n) is 3.40. The van der Waals surface area contributed by atoms with Crippen LogP contribution in [0.4, 0.5) is 17.6 Å². The fourth-order valence-corrected chi connectivity index (χ4v) is 0.465. The van der Waals surface area contributed by atoms with Gasteiger partial charge in [-0.05, 0) is 6.92 Å². The molecule has 0 unspecified atom stereocenters. The average Bonchev–Trinajstić information content (AvgIpc) is 2.03. The Bertz CT molecular complexity index is 185. The molecule has 3 nitrogen and oxygen atoms in total. The van der Waals surface area contributed by atoms with Crippen LogP contribution in [-0.4, -0.2) is 36.0 Å². The second kappa shape index (κ2) is 4.40. The number of nitrogens with one attached hydrogen (secondary N) is 1. The van der Waals surface area contributed by atoms with Gasteiger partial charge in [-0.1, -0.05) is 0 Å². The van der Waals surface area contributed by atoms with Crippen LogP contribution in [0, 0.1) is 0 Å². The van der Waals surface area contributed by atoms with Crippen molar-refractivity contribution >= 4 is 5.91 Å². The van der Waals surface area contributed by atoms with E-state index in [0.717, 1.165) is 0 Å². The van der Waals surface area contributed by atoms with Gasteiger partial charge in [0, 0.05) is 6.04 Å². The summed E-state index contributed by atoms with van der Waals surface area (Å²) in [5, 5.41) is 9.87. The van der Waals surface area contributed by atoms with E-state index in [0.29, 0.717) is 0 Å². The van der Waals surface area contributed by atoms with Gasteiger partial charge >= 0.3 is 12.3 Å². The molecule has 0 aliphatic rings. The van der Waals surface area contributed by atoms with E-state index in [2.05, 4.69) is 0 Å². The molecule has 0 rings (SSSR count). The lowest BCUT2D eigenvalue weighted by molar-refractivity contribution is -0.170. The maximum Gasteiger partial charge on any atom is 0.383 e. The van der Waals surface area contributed by atoms with E-state index in [1.165, 1.54) is 12.2 Å². The molecule has 0 bridgehead atoms. The predicted octanol–water partition coefficient (Wildman–Crippen LogP) is 0.384. The molecule has 0 aromatic heterocycles. The maximum atomic E-state index is 12.2. The summed E-state index contributed by atoms with van der Waals surface area (Å²) in [6.45, 7) is 0.616. The van der Waals surface area contributed by atoms with E-state index < -0.39 is 30.9 Å². The molecule has 0 aliphatic heterocycles. The molecule has 7 heteroatoms. The molecule has 13 heavy (non-hydrogen) atoms. The highest BCUT2D eigenvalue weighted by Crippen LogP contribution is 2.22. The van der Waals surface area contributed by atoms with Crippen LogP contribution in [0.5, 0.6) is 0 Å². The van der Waals surface area contributed by atoms with Crippen molar-refractivity contribution in [2.24, 2.45) is 0 Å². The molecule has 0 spiro atoms. The van der Waals surface area contributed by atoms with Gasteiger partial charge < -0.3 is 10.4 Å². The van der Waals surface area contributed by atoms with Crippen molar-refractivity contribution in [3.8, 4) is 0 Å². The molecule has 2 N–H and O–H groups in total. The second-order valence-electron chi connectivity index (χ2n) is 2.48. The van der Waals surface area contributed by atoms with Crippen LogP contribution in [-0.2, 0) is 4.79 Å². The molecule has 1 atom stereocenters. The van der Waals surface area contributed by atoms with Gasteiger partial charge in [0.25, 0.3) is 5.91 Å². The predicted molar refractivity (Wildman–Crippen MR) is 35.6 cm³/mol. The van der Waals surface area contributed by atoms with Gasteiger partial charge in [0.2, 0.25) is 0 Å². The molecular formula is C6H9F4NO2. The molecule has 0 aromatic rings. The Hall–Kier alpha value is -0.850. The summed E-state index contributed by atoms with van der Waals surface area (Å²) in [4.78, 5) is 10.4. The second-order valence-corrected chi connectivity index (χ2v) is 2.48. The number of hydrogen-bond acceptors (Lipinski definition) is 2. The number of carbonyl (C=O) groups is 1. The van der Waals surface area contributed by atoms with Crippen molar-refractivity contribution in [1.82, 2.24) is 5.32 Å². The summed E-state index contributed by atoms with van der Waals surface area (Å²) >= 11 is 0. The molecule has 1 amide bonds. The molecule has 0 fully saturated rings. The van der Waals surface area contributed by atoms with Crippen molar-refractivity contribution in [1.29, 1.82) is 0 Å². The molecule has 0 aliphatic carbocycles. The van der Waals surface area contributed by atoms with E-state index in [4.69, 9.17) is 5.11 Å². The third kappa shape index (κ3) is 3.17. The molecule has 0 aromatic carbocycles. The summed E-state index contributed by atoms with van der Waals surface area (Å²) < 4.78 is 47.5. The van der Waals surface area contributed by atoms with Gasteiger partial charge in [-0.2, -0.15) is 8.78 Å². The number of aliphatic hydroxyl groups is 1. The van der Waals surface area contributed by atoms with E-state index in [9.17, 15) is 22.4 Å². The first-order valence-corrected chi connectivity index (χ1v) is 3.40. The van der Waals surface area contributed by atoms with E-state index in [-0.39, 0.29) is 0 Å². The molecule has 0 radical (unpaired) electrons. The lowest BCUT2D eigenvalue weighted by Crippen LogP contribution is -2.49. The van der Waals surface area contributed by atoms with Crippen molar-refractivity contribution in [3.63, 3.8) is 0 Å². The van der Waals surface area contributed by atoms with Crippen LogP contribution in [0.25, 0.3) is 0 Å². The first-order chi connectivity index (χ1) is 5.82. The maximum absolute atomic E-state index is 12.2. The highest BCUT2D eigenvalue weighted by Gasteiger charge is 2.49. The summed E-state index contributed by atoms with van der Waals surface area (Å²) in [5.41, 5.74) is 0. The number of alkyl halides is 4. The normalized spacial score (nSPS) is 14.4. The molecule has 0 saturated carbocycles. The average molecular weight is 203 g/mol. The molecule has 78 valence electrons. The third-order valence-electron chi connectivity index (χ3n) is 1.23. The van der Waals surface area contributed by atoms with Gasteiger partial charge in [-0.3, -0.25) is 4.79 Å². The first kappa shape index (κ1) is 12.2. The monoisotopic (exact) mass is 203 g/mol. The van der Waals surface area contributed by atoms with Gasteiger partial charge in [0.05, 0.1) is 6.61 Å². The lowest BCUT2D eigenvalue weighted by Gasteiger charge is -2.17. The zero-order valence-corrected chi connectivity index (χ0v) is 6.73. The Labute approximate surface area is 71.7 Å². The van der Waals surface area contributed by atoms with Gasteiger partial charge in [-0.15, -0.1) is 0 Å².